The lowest BCUT2D eigenvalue weighted by Gasteiger charge is -2.04. The fraction of sp³-hybridized carbons (Fsp3) is 0.300. The molecule has 16 heavy (non-hydrogen) atoms. The molecule has 84 valence electrons. The second-order valence-corrected chi connectivity index (χ2v) is 3.88. The topological polar surface area (TPSA) is 75.1 Å². The lowest BCUT2D eigenvalue weighted by molar-refractivity contribution is -0.384. The van der Waals surface area contributed by atoms with Crippen LogP contribution < -0.4 is 0 Å². The summed E-state index contributed by atoms with van der Waals surface area (Å²) in [7, 11) is 3.88. The number of benzene rings is 1. The number of aromatic nitrogens is 2. The van der Waals surface area contributed by atoms with E-state index in [4.69, 9.17) is 0 Å². The zero-order valence-corrected chi connectivity index (χ0v) is 9.10. The molecule has 0 saturated carbocycles. The fourth-order valence-corrected chi connectivity index (χ4v) is 1.54. The van der Waals surface area contributed by atoms with Crippen LogP contribution in [0.3, 0.4) is 0 Å². The molecule has 0 amide bonds. The highest BCUT2D eigenvalue weighted by molar-refractivity contribution is 5.77. The van der Waals surface area contributed by atoms with Crippen LogP contribution in [0.4, 0.5) is 5.69 Å². The van der Waals surface area contributed by atoms with Gasteiger partial charge in [-0.25, -0.2) is 4.98 Å². The van der Waals surface area contributed by atoms with E-state index < -0.39 is 4.92 Å². The third-order valence-corrected chi connectivity index (χ3v) is 2.19. The number of nitro benzene ring substituents is 1. The van der Waals surface area contributed by atoms with Crippen molar-refractivity contribution in [2.24, 2.45) is 0 Å². The number of H-pyrrole nitrogens is 1. The summed E-state index contributed by atoms with van der Waals surface area (Å²) in [4.78, 5) is 19.6. The maximum atomic E-state index is 10.6. The Labute approximate surface area is 92.0 Å². The van der Waals surface area contributed by atoms with Gasteiger partial charge >= 0.3 is 0 Å². The van der Waals surface area contributed by atoms with Gasteiger partial charge in [0.25, 0.3) is 5.69 Å². The SMILES string of the molecule is CN(C)Cc1nc2ccc([N+](=O)[O-])cc2[nH]1. The number of nitrogens with zero attached hydrogens (tertiary/aromatic N) is 3. The molecule has 0 atom stereocenters. The Kier molecular flexibility index (Phi) is 2.57. The van der Waals surface area contributed by atoms with Gasteiger partial charge in [-0.3, -0.25) is 10.1 Å². The first-order chi connectivity index (χ1) is 7.56. The number of non-ortho nitro benzene ring substituents is 1. The molecule has 1 aromatic heterocycles. The molecule has 0 bridgehead atoms. The molecule has 6 heteroatoms. The minimum absolute atomic E-state index is 0.0764. The van der Waals surface area contributed by atoms with E-state index in [0.717, 1.165) is 11.3 Å². The van der Waals surface area contributed by atoms with Gasteiger partial charge in [0.2, 0.25) is 0 Å². The summed E-state index contributed by atoms with van der Waals surface area (Å²) in [5.74, 6) is 0.806. The molecule has 0 unspecified atom stereocenters. The summed E-state index contributed by atoms with van der Waals surface area (Å²) in [5.41, 5.74) is 1.53. The Bertz CT molecular complexity index is 533. The number of hydrogen-bond acceptors (Lipinski definition) is 4. The number of nitro groups is 1. The van der Waals surface area contributed by atoms with E-state index in [1.807, 2.05) is 19.0 Å². The van der Waals surface area contributed by atoms with Crippen molar-refractivity contribution < 1.29 is 4.92 Å². The Balaban J connectivity index is 2.42. The van der Waals surface area contributed by atoms with E-state index in [-0.39, 0.29) is 5.69 Å². The molecule has 0 fully saturated rings. The van der Waals surface area contributed by atoms with Gasteiger partial charge < -0.3 is 9.88 Å². The van der Waals surface area contributed by atoms with Crippen molar-refractivity contribution >= 4 is 16.7 Å². The van der Waals surface area contributed by atoms with Gasteiger partial charge in [-0.2, -0.15) is 0 Å². The Hall–Kier alpha value is -1.95. The summed E-state index contributed by atoms with van der Waals surface area (Å²) < 4.78 is 0. The predicted molar refractivity (Wildman–Crippen MR) is 60.1 cm³/mol. The van der Waals surface area contributed by atoms with E-state index in [1.165, 1.54) is 12.1 Å². The van der Waals surface area contributed by atoms with Crippen LogP contribution in [0.25, 0.3) is 11.0 Å². The van der Waals surface area contributed by atoms with Gasteiger partial charge in [0, 0.05) is 12.1 Å². The molecule has 6 nitrogen and oxygen atoms in total. The van der Waals surface area contributed by atoms with Crippen LogP contribution in [0.1, 0.15) is 5.82 Å². The quantitative estimate of drug-likeness (QED) is 0.628. The average Bonchev–Trinajstić information content (AvgIpc) is 2.56. The third kappa shape index (κ3) is 2.01. The van der Waals surface area contributed by atoms with Crippen LogP contribution in [0.15, 0.2) is 18.2 Å². The molecule has 2 aromatic rings. The van der Waals surface area contributed by atoms with Crippen molar-refractivity contribution in [3.8, 4) is 0 Å². The molecule has 2 rings (SSSR count). The molecule has 0 aliphatic carbocycles. The summed E-state index contributed by atoms with van der Waals surface area (Å²) in [6.45, 7) is 0.683. The zero-order chi connectivity index (χ0) is 11.7. The van der Waals surface area contributed by atoms with Gasteiger partial charge in [0.1, 0.15) is 5.82 Å². The van der Waals surface area contributed by atoms with Crippen molar-refractivity contribution in [3.05, 3.63) is 34.1 Å². The lowest BCUT2D eigenvalue weighted by atomic mass is 10.3. The molecule has 1 N–H and O–H groups in total. The van der Waals surface area contributed by atoms with Crippen molar-refractivity contribution in [3.63, 3.8) is 0 Å². The fourth-order valence-electron chi connectivity index (χ4n) is 1.54. The maximum absolute atomic E-state index is 10.6. The molecular weight excluding hydrogens is 208 g/mol. The minimum Gasteiger partial charge on any atom is -0.341 e. The first-order valence-corrected chi connectivity index (χ1v) is 4.84. The van der Waals surface area contributed by atoms with Gasteiger partial charge in [-0.05, 0) is 20.2 Å². The molecule has 0 aliphatic heterocycles. The first kappa shape index (κ1) is 10.6. The molecule has 0 radical (unpaired) electrons. The maximum Gasteiger partial charge on any atom is 0.271 e. The zero-order valence-electron chi connectivity index (χ0n) is 9.10. The van der Waals surface area contributed by atoms with Crippen molar-refractivity contribution in [1.29, 1.82) is 0 Å². The van der Waals surface area contributed by atoms with E-state index in [9.17, 15) is 10.1 Å². The lowest BCUT2D eigenvalue weighted by Crippen LogP contribution is -2.11. The van der Waals surface area contributed by atoms with Crippen LogP contribution in [0, 0.1) is 10.1 Å². The largest absolute Gasteiger partial charge is 0.341 e. The van der Waals surface area contributed by atoms with Crippen molar-refractivity contribution in [2.75, 3.05) is 14.1 Å². The molecule has 0 spiro atoms. The number of nitrogens with one attached hydrogen (secondary N) is 1. The standard InChI is InChI=1S/C10H12N4O2/c1-13(2)6-10-11-8-4-3-7(14(15)16)5-9(8)12-10/h3-5H,6H2,1-2H3,(H,11,12). The van der Waals surface area contributed by atoms with Crippen molar-refractivity contribution in [1.82, 2.24) is 14.9 Å². The number of aromatic amines is 1. The molecular formula is C10H12N4O2. The summed E-state index contributed by atoms with van der Waals surface area (Å²) in [6, 6.07) is 4.62. The van der Waals surface area contributed by atoms with Crippen LogP contribution in [0.5, 0.6) is 0 Å². The van der Waals surface area contributed by atoms with Gasteiger partial charge in [-0.1, -0.05) is 0 Å². The number of fused-ring (bicyclic) bond motifs is 1. The van der Waals surface area contributed by atoms with Crippen LogP contribution in [-0.2, 0) is 6.54 Å². The van der Waals surface area contributed by atoms with Crippen molar-refractivity contribution in [2.45, 2.75) is 6.54 Å². The second kappa shape index (κ2) is 3.90. The molecule has 0 saturated heterocycles. The van der Waals surface area contributed by atoms with E-state index in [0.29, 0.717) is 12.1 Å². The van der Waals surface area contributed by atoms with Crippen LogP contribution in [-0.4, -0.2) is 33.9 Å². The van der Waals surface area contributed by atoms with Crippen LogP contribution >= 0.6 is 0 Å². The number of rotatable bonds is 3. The smallest absolute Gasteiger partial charge is 0.271 e. The molecule has 1 heterocycles. The van der Waals surface area contributed by atoms with E-state index >= 15 is 0 Å². The van der Waals surface area contributed by atoms with Gasteiger partial charge in [-0.15, -0.1) is 0 Å². The predicted octanol–water partition coefficient (Wildman–Crippen LogP) is 1.53. The Morgan fingerprint density at radius 1 is 1.50 bits per heavy atom. The molecule has 0 aliphatic rings. The average molecular weight is 220 g/mol. The second-order valence-electron chi connectivity index (χ2n) is 3.88. The number of imidazole rings is 1. The van der Waals surface area contributed by atoms with Gasteiger partial charge in [0.05, 0.1) is 22.5 Å². The monoisotopic (exact) mass is 220 g/mol. The van der Waals surface area contributed by atoms with Gasteiger partial charge in [0.15, 0.2) is 0 Å². The summed E-state index contributed by atoms with van der Waals surface area (Å²) in [5, 5.41) is 10.6. The van der Waals surface area contributed by atoms with E-state index in [1.54, 1.807) is 6.07 Å². The highest BCUT2D eigenvalue weighted by Crippen LogP contribution is 2.19. The van der Waals surface area contributed by atoms with Crippen LogP contribution in [0.2, 0.25) is 0 Å². The highest BCUT2D eigenvalue weighted by Gasteiger charge is 2.09. The third-order valence-electron chi connectivity index (χ3n) is 2.19. The minimum atomic E-state index is -0.411. The first-order valence-electron chi connectivity index (χ1n) is 4.84. The Morgan fingerprint density at radius 2 is 2.25 bits per heavy atom. The summed E-state index contributed by atoms with van der Waals surface area (Å²) in [6.07, 6.45) is 0. The Morgan fingerprint density at radius 3 is 2.88 bits per heavy atom. The summed E-state index contributed by atoms with van der Waals surface area (Å²) >= 11 is 0. The number of hydrogen-bond donors (Lipinski definition) is 1. The normalized spacial score (nSPS) is 11.2. The highest BCUT2D eigenvalue weighted by atomic mass is 16.6. The van der Waals surface area contributed by atoms with E-state index in [2.05, 4.69) is 9.97 Å². The molecule has 1 aromatic carbocycles.